The lowest BCUT2D eigenvalue weighted by atomic mass is 10.1. The fraction of sp³-hybridized carbons (Fsp3) is 0.548. The zero-order valence-corrected chi connectivity index (χ0v) is 28.0. The van der Waals surface area contributed by atoms with Crippen LogP contribution in [-0.2, 0) is 21.4 Å². The van der Waals surface area contributed by atoms with Crippen molar-refractivity contribution in [3.05, 3.63) is 35.3 Å². The molecule has 248 valence electrons. The SMILES string of the molecule is CS(=O)(=O)N1CCN(Cc2cc3nc(-c4cccc5[nH]ncc45)nc(N4CCN(CCCCCCCC(=O)NO)CC4)c3s2)CC1. The van der Waals surface area contributed by atoms with Crippen LogP contribution in [0.15, 0.2) is 30.5 Å². The molecule has 46 heavy (non-hydrogen) atoms. The maximum Gasteiger partial charge on any atom is 0.243 e. The third-order valence-corrected chi connectivity index (χ3v) is 11.4. The van der Waals surface area contributed by atoms with E-state index in [0.717, 1.165) is 104 Å². The number of anilines is 1. The van der Waals surface area contributed by atoms with Gasteiger partial charge in [-0.1, -0.05) is 31.4 Å². The van der Waals surface area contributed by atoms with Gasteiger partial charge in [0.05, 0.1) is 28.2 Å². The second-order valence-electron chi connectivity index (χ2n) is 12.3. The molecule has 4 aromatic rings. The van der Waals surface area contributed by atoms with Crippen molar-refractivity contribution in [1.82, 2.24) is 39.8 Å². The lowest BCUT2D eigenvalue weighted by Gasteiger charge is -2.35. The highest BCUT2D eigenvalue weighted by Crippen LogP contribution is 2.36. The van der Waals surface area contributed by atoms with E-state index in [1.807, 2.05) is 18.3 Å². The average molecular weight is 670 g/mol. The molecule has 0 saturated carbocycles. The first-order valence-corrected chi connectivity index (χ1v) is 18.8. The molecule has 3 N–H and O–H groups in total. The molecule has 2 saturated heterocycles. The summed E-state index contributed by atoms with van der Waals surface area (Å²) in [5.41, 5.74) is 4.54. The second kappa shape index (κ2) is 14.7. The van der Waals surface area contributed by atoms with Gasteiger partial charge in [-0.2, -0.15) is 9.40 Å². The molecule has 1 amide bonds. The number of hydrogen-bond acceptors (Lipinski definition) is 11. The summed E-state index contributed by atoms with van der Waals surface area (Å²) in [5, 5.41) is 16.9. The molecule has 0 atom stereocenters. The number of carbonyl (C=O) groups excluding carboxylic acids is 1. The zero-order chi connectivity index (χ0) is 32.1. The number of nitrogens with one attached hydrogen (secondary N) is 2. The van der Waals surface area contributed by atoms with E-state index in [1.54, 1.807) is 21.1 Å². The molecule has 5 heterocycles. The number of thiophene rings is 1. The number of aromatic amines is 1. The number of sulfonamides is 1. The summed E-state index contributed by atoms with van der Waals surface area (Å²) in [6.45, 7) is 7.97. The van der Waals surface area contributed by atoms with Gasteiger partial charge in [-0.25, -0.2) is 23.9 Å². The Morgan fingerprint density at radius 1 is 0.978 bits per heavy atom. The van der Waals surface area contributed by atoms with Crippen LogP contribution >= 0.6 is 11.3 Å². The first-order valence-electron chi connectivity index (χ1n) is 16.1. The molecule has 0 bridgehead atoms. The molecule has 0 radical (unpaired) electrons. The second-order valence-corrected chi connectivity index (χ2v) is 15.4. The molecule has 0 aliphatic carbocycles. The third-order valence-electron chi connectivity index (χ3n) is 8.98. The van der Waals surface area contributed by atoms with Crippen molar-refractivity contribution in [3.8, 4) is 11.4 Å². The van der Waals surface area contributed by atoms with E-state index in [2.05, 4.69) is 37.0 Å². The predicted octanol–water partition coefficient (Wildman–Crippen LogP) is 3.28. The van der Waals surface area contributed by atoms with Crippen molar-refractivity contribution >= 4 is 54.2 Å². The van der Waals surface area contributed by atoms with Gasteiger partial charge in [0.2, 0.25) is 15.9 Å². The molecular formula is C31H43N9O4S2. The van der Waals surface area contributed by atoms with Crippen molar-refractivity contribution in [1.29, 1.82) is 0 Å². The van der Waals surface area contributed by atoms with Crippen LogP contribution < -0.4 is 10.4 Å². The first kappa shape index (κ1) is 32.7. The summed E-state index contributed by atoms with van der Waals surface area (Å²) < 4.78 is 26.6. The van der Waals surface area contributed by atoms with Crippen LogP contribution in [0.3, 0.4) is 0 Å². The predicted molar refractivity (Wildman–Crippen MR) is 180 cm³/mol. The maximum atomic E-state index is 12.0. The van der Waals surface area contributed by atoms with E-state index < -0.39 is 10.0 Å². The Morgan fingerprint density at radius 2 is 1.72 bits per heavy atom. The van der Waals surface area contributed by atoms with Gasteiger partial charge >= 0.3 is 0 Å². The van der Waals surface area contributed by atoms with Crippen LogP contribution in [0.2, 0.25) is 0 Å². The van der Waals surface area contributed by atoms with Crippen molar-refractivity contribution in [2.24, 2.45) is 0 Å². The number of piperazine rings is 2. The third kappa shape index (κ3) is 7.83. The van der Waals surface area contributed by atoms with E-state index in [-0.39, 0.29) is 5.91 Å². The van der Waals surface area contributed by atoms with Gasteiger partial charge in [0.25, 0.3) is 0 Å². The van der Waals surface area contributed by atoms with Crippen molar-refractivity contribution in [3.63, 3.8) is 0 Å². The highest BCUT2D eigenvalue weighted by atomic mass is 32.2. The van der Waals surface area contributed by atoms with Crippen LogP contribution in [-0.4, -0.2) is 119 Å². The van der Waals surface area contributed by atoms with Gasteiger partial charge in [0.1, 0.15) is 0 Å². The van der Waals surface area contributed by atoms with E-state index in [9.17, 15) is 13.2 Å². The smallest absolute Gasteiger partial charge is 0.243 e. The standard InChI is InChI=1S/C31H43N9O4S2/c1-46(43,44)40-18-14-38(15-19-40)22-23-20-27-29(45-23)31(34-30(33-27)24-8-7-9-26-25(24)21-32-35-26)39-16-12-37(13-17-39)11-6-4-2-3-5-10-28(41)36-42/h7-9,20-21,42H,2-6,10-19,22H2,1H3,(H,32,35)(H,36,41). The van der Waals surface area contributed by atoms with Gasteiger partial charge in [0.15, 0.2) is 11.6 Å². The Bertz CT molecular complexity index is 1740. The lowest BCUT2D eigenvalue weighted by molar-refractivity contribution is -0.129. The Hall–Kier alpha value is -3.21. The summed E-state index contributed by atoms with van der Waals surface area (Å²) in [5.74, 6) is 1.36. The molecule has 0 spiro atoms. The van der Waals surface area contributed by atoms with Crippen molar-refractivity contribution in [2.75, 3.05) is 70.1 Å². The van der Waals surface area contributed by atoms with Crippen LogP contribution in [0.1, 0.15) is 43.4 Å². The van der Waals surface area contributed by atoms with Crippen LogP contribution in [0.5, 0.6) is 0 Å². The lowest BCUT2D eigenvalue weighted by Crippen LogP contribution is -2.47. The van der Waals surface area contributed by atoms with Crippen LogP contribution in [0, 0.1) is 0 Å². The number of aromatic nitrogens is 4. The van der Waals surface area contributed by atoms with Crippen LogP contribution in [0.4, 0.5) is 5.82 Å². The Labute approximate surface area is 273 Å². The number of benzene rings is 1. The molecule has 15 heteroatoms. The Balaban J connectivity index is 1.15. The largest absolute Gasteiger partial charge is 0.353 e. The normalized spacial score (nSPS) is 17.3. The number of fused-ring (bicyclic) bond motifs is 2. The molecule has 6 rings (SSSR count). The number of amides is 1. The quantitative estimate of drug-likeness (QED) is 0.110. The number of nitrogens with zero attached hydrogens (tertiary/aromatic N) is 7. The fourth-order valence-electron chi connectivity index (χ4n) is 6.37. The molecule has 2 aliphatic rings. The first-order chi connectivity index (χ1) is 22.3. The summed E-state index contributed by atoms with van der Waals surface area (Å²) in [6, 6.07) is 8.24. The minimum absolute atomic E-state index is 0.312. The highest BCUT2D eigenvalue weighted by Gasteiger charge is 2.26. The van der Waals surface area contributed by atoms with E-state index in [0.29, 0.717) is 38.4 Å². The molecular weight excluding hydrogens is 627 g/mol. The average Bonchev–Trinajstić information content (AvgIpc) is 3.71. The van der Waals surface area contributed by atoms with Gasteiger partial charge in [-0.15, -0.1) is 11.3 Å². The number of rotatable bonds is 13. The number of H-pyrrole nitrogens is 1. The minimum atomic E-state index is -3.17. The van der Waals surface area contributed by atoms with E-state index >= 15 is 0 Å². The molecule has 1 aromatic carbocycles. The topological polar surface area (TPSA) is 151 Å². The maximum absolute atomic E-state index is 12.0. The van der Waals surface area contributed by atoms with E-state index in [4.69, 9.17) is 15.2 Å². The minimum Gasteiger partial charge on any atom is -0.353 e. The molecule has 2 aliphatic heterocycles. The Kier molecular flexibility index (Phi) is 10.5. The molecule has 3 aromatic heterocycles. The number of hydrogen-bond donors (Lipinski definition) is 3. The summed E-state index contributed by atoms with van der Waals surface area (Å²) in [6.07, 6.45) is 8.66. The van der Waals surface area contributed by atoms with Gasteiger partial charge in [0, 0.05) is 81.2 Å². The summed E-state index contributed by atoms with van der Waals surface area (Å²) in [4.78, 5) is 29.9. The molecule has 0 unspecified atom stereocenters. The molecule has 2 fully saturated rings. The van der Waals surface area contributed by atoms with Crippen molar-refractivity contribution in [2.45, 2.75) is 45.1 Å². The monoisotopic (exact) mass is 669 g/mol. The van der Waals surface area contributed by atoms with Gasteiger partial charge < -0.3 is 4.90 Å². The van der Waals surface area contributed by atoms with E-state index in [1.165, 1.54) is 11.1 Å². The van der Waals surface area contributed by atoms with Crippen molar-refractivity contribution < 1.29 is 18.4 Å². The molecule has 13 nitrogen and oxygen atoms in total. The van der Waals surface area contributed by atoms with Gasteiger partial charge in [-0.05, 0) is 31.5 Å². The number of unbranched alkanes of at least 4 members (excludes halogenated alkanes) is 4. The number of hydroxylamine groups is 1. The number of carbonyl (C=O) groups is 1. The van der Waals surface area contributed by atoms with Crippen LogP contribution in [0.25, 0.3) is 32.5 Å². The van der Waals surface area contributed by atoms with Gasteiger partial charge in [-0.3, -0.25) is 24.9 Å². The zero-order valence-electron chi connectivity index (χ0n) is 26.3. The highest BCUT2D eigenvalue weighted by molar-refractivity contribution is 7.88. The Morgan fingerprint density at radius 3 is 2.48 bits per heavy atom. The summed E-state index contributed by atoms with van der Waals surface area (Å²) >= 11 is 1.74. The fourth-order valence-corrected chi connectivity index (χ4v) is 8.35. The summed E-state index contributed by atoms with van der Waals surface area (Å²) in [7, 11) is -3.17.